The topological polar surface area (TPSA) is 69.1 Å². The lowest BCUT2D eigenvalue weighted by molar-refractivity contribution is -0.112. The van der Waals surface area contributed by atoms with E-state index in [1.165, 1.54) is 0 Å². The zero-order valence-electron chi connectivity index (χ0n) is 13.0. The first-order valence-electron chi connectivity index (χ1n) is 7.79. The van der Waals surface area contributed by atoms with Gasteiger partial charge in [-0.15, -0.1) is 0 Å². The Bertz CT molecular complexity index is 737. The van der Waals surface area contributed by atoms with Crippen LogP contribution >= 0.6 is 0 Å². The number of hydrogen-bond donors (Lipinski definition) is 2. The molecule has 0 aliphatic heterocycles. The summed E-state index contributed by atoms with van der Waals surface area (Å²) < 4.78 is 0. The van der Waals surface area contributed by atoms with Gasteiger partial charge in [-0.05, 0) is 66.8 Å². The van der Waals surface area contributed by atoms with Gasteiger partial charge in [-0.1, -0.05) is 24.3 Å². The molecule has 2 aromatic rings. The van der Waals surface area contributed by atoms with Crippen molar-refractivity contribution in [3.05, 3.63) is 70.8 Å². The highest BCUT2D eigenvalue weighted by atomic mass is 16.1. The molecule has 2 aromatic carbocycles. The monoisotopic (exact) mass is 304 g/mol. The van der Waals surface area contributed by atoms with Gasteiger partial charge in [0, 0.05) is 22.5 Å². The van der Waals surface area contributed by atoms with Crippen LogP contribution in [0.2, 0.25) is 0 Å². The minimum Gasteiger partial charge on any atom is -0.399 e. The lowest BCUT2D eigenvalue weighted by Crippen LogP contribution is -2.12. The van der Waals surface area contributed by atoms with Crippen molar-refractivity contribution in [1.29, 1.82) is 0 Å². The molecule has 0 aromatic heterocycles. The van der Waals surface area contributed by atoms with Crippen LogP contribution in [-0.4, -0.2) is 5.78 Å². The Morgan fingerprint density at radius 2 is 1.26 bits per heavy atom. The van der Waals surface area contributed by atoms with Gasteiger partial charge in [-0.3, -0.25) is 4.79 Å². The number of benzene rings is 2. The summed E-state index contributed by atoms with van der Waals surface area (Å²) in [5.74, 6) is 0.126. The number of hydrogen-bond acceptors (Lipinski definition) is 3. The van der Waals surface area contributed by atoms with Crippen molar-refractivity contribution in [3.63, 3.8) is 0 Å². The lowest BCUT2D eigenvalue weighted by atomic mass is 9.87. The molecular weight excluding hydrogens is 284 g/mol. The van der Waals surface area contributed by atoms with E-state index in [4.69, 9.17) is 11.5 Å². The molecule has 0 bridgehead atoms. The molecule has 0 radical (unpaired) electrons. The molecule has 0 atom stereocenters. The van der Waals surface area contributed by atoms with Gasteiger partial charge in [0.2, 0.25) is 0 Å². The van der Waals surface area contributed by atoms with Crippen molar-refractivity contribution < 1.29 is 4.79 Å². The molecule has 3 nitrogen and oxygen atoms in total. The molecule has 1 saturated carbocycles. The number of carbonyl (C=O) groups is 1. The van der Waals surface area contributed by atoms with Crippen LogP contribution in [0.25, 0.3) is 12.2 Å². The molecule has 0 saturated heterocycles. The van der Waals surface area contributed by atoms with Crippen molar-refractivity contribution >= 4 is 29.3 Å². The molecule has 0 amide bonds. The van der Waals surface area contributed by atoms with E-state index in [1.807, 2.05) is 60.7 Å². The van der Waals surface area contributed by atoms with Crippen molar-refractivity contribution in [3.8, 4) is 0 Å². The summed E-state index contributed by atoms with van der Waals surface area (Å²) in [5.41, 5.74) is 16.7. The van der Waals surface area contributed by atoms with Gasteiger partial charge in [0.05, 0.1) is 0 Å². The van der Waals surface area contributed by atoms with Crippen molar-refractivity contribution in [2.75, 3.05) is 11.5 Å². The number of nitrogen functional groups attached to an aromatic ring is 2. The van der Waals surface area contributed by atoms with E-state index in [1.54, 1.807) is 0 Å². The fourth-order valence-electron chi connectivity index (χ4n) is 2.88. The van der Waals surface area contributed by atoms with E-state index in [2.05, 4.69) is 0 Å². The van der Waals surface area contributed by atoms with Gasteiger partial charge in [0.15, 0.2) is 5.78 Å². The SMILES string of the molecule is Nc1cccc(/C=C2\CCC/C(=C\c3cccc(N)c3)C2=O)c1. The summed E-state index contributed by atoms with van der Waals surface area (Å²) in [6.07, 6.45) is 6.49. The van der Waals surface area contributed by atoms with Crippen LogP contribution < -0.4 is 11.5 Å². The fourth-order valence-corrected chi connectivity index (χ4v) is 2.88. The first kappa shape index (κ1) is 15.1. The largest absolute Gasteiger partial charge is 0.399 e. The lowest BCUT2D eigenvalue weighted by Gasteiger charge is -2.16. The van der Waals surface area contributed by atoms with Gasteiger partial charge in [-0.2, -0.15) is 0 Å². The standard InChI is InChI=1S/C20H20N2O/c21-18-8-1-4-14(12-18)10-16-6-3-7-17(20(16)23)11-15-5-2-9-19(22)13-15/h1-2,4-5,8-13H,3,6-7,21-22H2/b16-10+,17-11+. The van der Waals surface area contributed by atoms with Gasteiger partial charge >= 0.3 is 0 Å². The summed E-state index contributed by atoms with van der Waals surface area (Å²) >= 11 is 0. The van der Waals surface area contributed by atoms with Crippen LogP contribution in [0.15, 0.2) is 59.7 Å². The highest BCUT2D eigenvalue weighted by Crippen LogP contribution is 2.28. The predicted octanol–water partition coefficient (Wildman–Crippen LogP) is 4.07. The highest BCUT2D eigenvalue weighted by Gasteiger charge is 2.20. The molecule has 0 spiro atoms. The van der Waals surface area contributed by atoms with Crippen LogP contribution in [0.5, 0.6) is 0 Å². The average molecular weight is 304 g/mol. The number of nitrogens with two attached hydrogens (primary N) is 2. The first-order valence-corrected chi connectivity index (χ1v) is 7.79. The molecule has 0 unspecified atom stereocenters. The van der Waals surface area contributed by atoms with Crippen molar-refractivity contribution in [2.45, 2.75) is 19.3 Å². The number of rotatable bonds is 2. The van der Waals surface area contributed by atoms with E-state index in [-0.39, 0.29) is 5.78 Å². The Balaban J connectivity index is 1.89. The third-order valence-electron chi connectivity index (χ3n) is 3.98. The number of anilines is 2. The Kier molecular flexibility index (Phi) is 4.29. The zero-order chi connectivity index (χ0) is 16.2. The zero-order valence-corrected chi connectivity index (χ0v) is 13.0. The minimum absolute atomic E-state index is 0.126. The minimum atomic E-state index is 0.126. The third-order valence-corrected chi connectivity index (χ3v) is 3.98. The molecule has 1 aliphatic carbocycles. The van der Waals surface area contributed by atoms with Gasteiger partial charge < -0.3 is 11.5 Å². The molecule has 1 fully saturated rings. The van der Waals surface area contributed by atoms with Crippen molar-refractivity contribution in [1.82, 2.24) is 0 Å². The maximum absolute atomic E-state index is 12.7. The number of Topliss-reactive ketones (excluding diaryl/α,β-unsaturated/α-hetero) is 1. The number of ketones is 1. The maximum Gasteiger partial charge on any atom is 0.185 e. The highest BCUT2D eigenvalue weighted by molar-refractivity contribution is 6.14. The van der Waals surface area contributed by atoms with E-state index in [9.17, 15) is 4.79 Å². The average Bonchev–Trinajstić information content (AvgIpc) is 2.51. The third kappa shape index (κ3) is 3.69. The number of carbonyl (C=O) groups excluding carboxylic acids is 1. The second kappa shape index (κ2) is 6.53. The van der Waals surface area contributed by atoms with E-state index < -0.39 is 0 Å². The Morgan fingerprint density at radius 1 is 0.783 bits per heavy atom. The smallest absolute Gasteiger partial charge is 0.185 e. The molecule has 0 heterocycles. The summed E-state index contributed by atoms with van der Waals surface area (Å²) in [6.45, 7) is 0. The molecule has 3 rings (SSSR count). The molecule has 116 valence electrons. The van der Waals surface area contributed by atoms with Crippen LogP contribution in [0.3, 0.4) is 0 Å². The van der Waals surface area contributed by atoms with Gasteiger partial charge in [-0.25, -0.2) is 0 Å². The summed E-state index contributed by atoms with van der Waals surface area (Å²) in [5, 5.41) is 0. The van der Waals surface area contributed by atoms with Crippen molar-refractivity contribution in [2.24, 2.45) is 0 Å². The molecule has 1 aliphatic rings. The van der Waals surface area contributed by atoms with E-state index in [0.29, 0.717) is 11.4 Å². The summed E-state index contributed by atoms with van der Waals surface area (Å²) in [7, 11) is 0. The second-order valence-corrected chi connectivity index (χ2v) is 5.86. The summed E-state index contributed by atoms with van der Waals surface area (Å²) in [4.78, 5) is 12.7. The summed E-state index contributed by atoms with van der Waals surface area (Å²) in [6, 6.07) is 15.2. The Labute approximate surface area is 136 Å². The van der Waals surface area contributed by atoms with E-state index >= 15 is 0 Å². The Hall–Kier alpha value is -2.81. The molecule has 3 heteroatoms. The van der Waals surface area contributed by atoms with Gasteiger partial charge in [0.1, 0.15) is 0 Å². The number of allylic oxidation sites excluding steroid dienone is 2. The first-order chi connectivity index (χ1) is 11.1. The maximum atomic E-state index is 12.7. The van der Waals surface area contributed by atoms with Crippen LogP contribution in [0.4, 0.5) is 11.4 Å². The predicted molar refractivity (Wildman–Crippen MR) is 96.5 cm³/mol. The fraction of sp³-hybridized carbons (Fsp3) is 0.150. The van der Waals surface area contributed by atoms with Crippen LogP contribution in [0.1, 0.15) is 30.4 Å². The normalized spacial score (nSPS) is 18.5. The molecular formula is C20H20N2O. The Morgan fingerprint density at radius 3 is 1.70 bits per heavy atom. The quantitative estimate of drug-likeness (QED) is 0.649. The van der Waals surface area contributed by atoms with Gasteiger partial charge in [0.25, 0.3) is 0 Å². The van der Waals surface area contributed by atoms with Crippen LogP contribution in [0, 0.1) is 0 Å². The van der Waals surface area contributed by atoms with E-state index in [0.717, 1.165) is 41.5 Å². The molecule has 23 heavy (non-hydrogen) atoms. The van der Waals surface area contributed by atoms with Crippen LogP contribution in [-0.2, 0) is 4.79 Å². The molecule has 4 N–H and O–H groups in total. The second-order valence-electron chi connectivity index (χ2n) is 5.86.